The minimum absolute atomic E-state index is 0.259. The van der Waals surface area contributed by atoms with Gasteiger partial charge in [0.2, 0.25) is 0 Å². The first kappa shape index (κ1) is 7.37. The van der Waals surface area contributed by atoms with Crippen LogP contribution < -0.4 is 0 Å². The molecule has 0 unspecified atom stereocenters. The third-order valence-electron chi connectivity index (χ3n) is 0.508. The van der Waals surface area contributed by atoms with Gasteiger partial charge in [-0.2, -0.15) is 0 Å². The monoisotopic (exact) mass is 136 g/mol. The molecule has 0 rings (SSSR count). The van der Waals surface area contributed by atoms with Crippen LogP contribution in [-0.4, -0.2) is 17.2 Å². The summed E-state index contributed by atoms with van der Waals surface area (Å²) in [6.45, 7) is 0. The summed E-state index contributed by atoms with van der Waals surface area (Å²) >= 11 is 0. The van der Waals surface area contributed by atoms with E-state index in [0.717, 1.165) is 0 Å². The number of rotatable bonds is 3. The Hall–Kier alpha value is -0.630. The number of carboxylic acids is 1. The highest BCUT2D eigenvalue weighted by molar-refractivity contribution is 7.30. The summed E-state index contributed by atoms with van der Waals surface area (Å²) < 4.78 is 19.4. The predicted molar refractivity (Wildman–Crippen MR) is 25.4 cm³/mol. The van der Waals surface area contributed by atoms with Gasteiger partial charge in [0.15, 0.2) is 0 Å². The van der Waals surface area contributed by atoms with Crippen molar-refractivity contribution in [2.24, 2.45) is 0 Å². The lowest BCUT2D eigenvalue weighted by Gasteiger charge is -1.79. The van der Waals surface area contributed by atoms with Crippen molar-refractivity contribution in [3.05, 3.63) is 0 Å². The summed E-state index contributed by atoms with van der Waals surface area (Å²) in [6.07, 6.45) is -0.552. The van der Waals surface area contributed by atoms with Gasteiger partial charge in [-0.05, 0) is 0 Å². The highest BCUT2D eigenvalue weighted by Gasteiger charge is 1.97. The molecule has 5 heteroatoms. The molecule has 0 bridgehead atoms. The molecule has 8 heavy (non-hydrogen) atoms. The fourth-order valence-corrected chi connectivity index (χ4v) is 0.561. The molecule has 0 spiro atoms. The van der Waals surface area contributed by atoms with E-state index >= 15 is 0 Å². The van der Waals surface area contributed by atoms with Gasteiger partial charge >= 0.3 is 13.6 Å². The van der Waals surface area contributed by atoms with Crippen molar-refractivity contribution in [2.45, 2.75) is 6.42 Å². The maximum atomic E-state index is 9.68. The van der Waals surface area contributed by atoms with Crippen LogP contribution in [0.25, 0.3) is 0 Å². The maximum absolute atomic E-state index is 9.68. The van der Waals surface area contributed by atoms with Gasteiger partial charge in [-0.1, -0.05) is 0 Å². The van der Waals surface area contributed by atoms with E-state index in [0.29, 0.717) is 0 Å². The predicted octanol–water partition coefficient (Wildman–Crippen LogP) is 0.634. The van der Waals surface area contributed by atoms with Crippen LogP contribution in [0.3, 0.4) is 0 Å². The molecule has 0 radical (unpaired) electrons. The van der Waals surface area contributed by atoms with Gasteiger partial charge in [0.1, 0.15) is 0 Å². The standard InChI is InChI=1S/C3H5O4P/c4-3(5)1-2-8(6)7/h1-2H2,(H,4,5). The SMILES string of the molecule is O=C(O)CCP(=O)=O. The van der Waals surface area contributed by atoms with Gasteiger partial charge in [-0.15, -0.1) is 0 Å². The molecule has 0 aromatic heterocycles. The Bertz CT molecular complexity index is 139. The molecule has 0 aliphatic heterocycles. The van der Waals surface area contributed by atoms with Crippen LogP contribution in [0.5, 0.6) is 0 Å². The summed E-state index contributed by atoms with van der Waals surface area (Å²) in [7, 11) is -2.51. The van der Waals surface area contributed by atoms with Crippen LogP contribution in [0.2, 0.25) is 0 Å². The molecule has 0 amide bonds. The first-order chi connectivity index (χ1) is 3.63. The topological polar surface area (TPSA) is 71.4 Å². The maximum Gasteiger partial charge on any atom is 0.316 e. The number of hydrogen-bond donors (Lipinski definition) is 1. The molecule has 0 saturated carbocycles. The van der Waals surface area contributed by atoms with Crippen LogP contribution in [0.15, 0.2) is 0 Å². The van der Waals surface area contributed by atoms with Crippen molar-refractivity contribution >= 4 is 13.6 Å². The molecule has 0 atom stereocenters. The zero-order chi connectivity index (χ0) is 6.57. The highest BCUT2D eigenvalue weighted by Crippen LogP contribution is 2.03. The minimum Gasteiger partial charge on any atom is -0.481 e. The van der Waals surface area contributed by atoms with E-state index < -0.39 is 13.6 Å². The molecule has 0 aliphatic rings. The van der Waals surface area contributed by atoms with E-state index in [1.54, 1.807) is 0 Å². The zero-order valence-electron chi connectivity index (χ0n) is 4.03. The van der Waals surface area contributed by atoms with E-state index in [9.17, 15) is 13.9 Å². The average Bonchev–Trinajstić information content (AvgIpc) is 1.61. The van der Waals surface area contributed by atoms with Crippen molar-refractivity contribution in [1.29, 1.82) is 0 Å². The molecular formula is C3H5O4P. The Morgan fingerprint density at radius 3 is 2.12 bits per heavy atom. The molecule has 1 N–H and O–H groups in total. The molecule has 0 fully saturated rings. The van der Waals surface area contributed by atoms with Crippen molar-refractivity contribution in [3.63, 3.8) is 0 Å². The first-order valence-electron chi connectivity index (χ1n) is 1.96. The molecule has 4 nitrogen and oxygen atoms in total. The second kappa shape index (κ2) is 3.38. The van der Waals surface area contributed by atoms with Crippen LogP contribution >= 0.6 is 7.68 Å². The average molecular weight is 136 g/mol. The normalized spacial score (nSPS) is 8.50. The van der Waals surface area contributed by atoms with E-state index in [4.69, 9.17) is 5.11 Å². The fourth-order valence-electron chi connectivity index (χ4n) is 0.187. The lowest BCUT2D eigenvalue weighted by atomic mass is 10.5. The van der Waals surface area contributed by atoms with Crippen LogP contribution in [0, 0.1) is 0 Å². The number of carboxylic acid groups (broad SMARTS) is 1. The van der Waals surface area contributed by atoms with Crippen molar-refractivity contribution in [1.82, 2.24) is 0 Å². The van der Waals surface area contributed by atoms with Crippen molar-refractivity contribution in [2.75, 3.05) is 6.16 Å². The molecular weight excluding hydrogens is 131 g/mol. The molecule has 0 aliphatic carbocycles. The zero-order valence-corrected chi connectivity index (χ0v) is 4.93. The molecule has 46 valence electrons. The van der Waals surface area contributed by atoms with E-state index in [1.165, 1.54) is 0 Å². The molecule has 0 aromatic carbocycles. The van der Waals surface area contributed by atoms with Crippen LogP contribution in [0.1, 0.15) is 6.42 Å². The Labute approximate surface area is 46.3 Å². The summed E-state index contributed by atoms with van der Waals surface area (Å²) in [6, 6.07) is 0. The second-order valence-corrected chi connectivity index (χ2v) is 2.31. The quantitative estimate of drug-likeness (QED) is 0.577. The first-order valence-corrected chi connectivity index (χ1v) is 3.33. The highest BCUT2D eigenvalue weighted by atomic mass is 31.1. The van der Waals surface area contributed by atoms with Gasteiger partial charge in [0.05, 0.1) is 12.6 Å². The van der Waals surface area contributed by atoms with Gasteiger partial charge in [0.25, 0.3) is 0 Å². The van der Waals surface area contributed by atoms with Crippen LogP contribution in [0.4, 0.5) is 0 Å². The number of aliphatic carboxylic acids is 1. The Morgan fingerprint density at radius 1 is 1.50 bits per heavy atom. The summed E-state index contributed by atoms with van der Waals surface area (Å²) in [5.74, 6) is -1.08. The summed E-state index contributed by atoms with van der Waals surface area (Å²) in [5.41, 5.74) is 0. The second-order valence-electron chi connectivity index (χ2n) is 1.20. The molecule has 0 heterocycles. The number of carbonyl (C=O) groups is 1. The van der Waals surface area contributed by atoms with Crippen molar-refractivity contribution < 1.29 is 19.0 Å². The van der Waals surface area contributed by atoms with Gasteiger partial charge in [-0.25, -0.2) is 9.13 Å². The van der Waals surface area contributed by atoms with E-state index in [1.807, 2.05) is 0 Å². The Balaban J connectivity index is 3.32. The summed E-state index contributed by atoms with van der Waals surface area (Å²) in [4.78, 5) is 9.64. The summed E-state index contributed by atoms with van der Waals surface area (Å²) in [5, 5.41) is 7.89. The van der Waals surface area contributed by atoms with E-state index in [-0.39, 0.29) is 12.6 Å². The number of hydrogen-bond acceptors (Lipinski definition) is 3. The smallest absolute Gasteiger partial charge is 0.316 e. The lowest BCUT2D eigenvalue weighted by molar-refractivity contribution is -0.136. The fraction of sp³-hybridized carbons (Fsp3) is 0.667. The molecule has 0 saturated heterocycles. The minimum atomic E-state index is -2.51. The Kier molecular flexibility index (Phi) is 3.12. The van der Waals surface area contributed by atoms with Gasteiger partial charge < -0.3 is 5.11 Å². The molecule has 0 aromatic rings. The third kappa shape index (κ3) is 5.37. The lowest BCUT2D eigenvalue weighted by Crippen LogP contribution is -1.93. The van der Waals surface area contributed by atoms with Gasteiger partial charge in [-0.3, -0.25) is 4.79 Å². The van der Waals surface area contributed by atoms with Gasteiger partial charge in [0, 0.05) is 0 Å². The Morgan fingerprint density at radius 2 is 2.00 bits per heavy atom. The van der Waals surface area contributed by atoms with Crippen LogP contribution in [-0.2, 0) is 13.9 Å². The van der Waals surface area contributed by atoms with Crippen molar-refractivity contribution in [3.8, 4) is 0 Å². The largest absolute Gasteiger partial charge is 0.481 e. The third-order valence-corrected chi connectivity index (χ3v) is 1.10. The van der Waals surface area contributed by atoms with E-state index in [2.05, 4.69) is 0 Å².